The molecule has 144 valence electrons. The van der Waals surface area contributed by atoms with Gasteiger partial charge < -0.3 is 24.3 Å². The number of carbonyl (C=O) groups excluding carboxylic acids is 2. The van der Waals surface area contributed by atoms with Gasteiger partial charge in [-0.15, -0.1) is 0 Å². The highest BCUT2D eigenvalue weighted by atomic mass is 35.5. The molecule has 2 aromatic rings. The molecule has 0 spiro atoms. The number of halogens is 2. The second kappa shape index (κ2) is 9.34. The number of hydrogen-bond donors (Lipinski definition) is 1. The van der Waals surface area contributed by atoms with Crippen molar-refractivity contribution in [3.05, 3.63) is 45.9 Å². The van der Waals surface area contributed by atoms with E-state index >= 15 is 0 Å². The van der Waals surface area contributed by atoms with E-state index in [9.17, 15) is 9.59 Å². The summed E-state index contributed by atoms with van der Waals surface area (Å²) >= 11 is 12.0. The number of methoxy groups -OCH3 is 3. The molecule has 0 aliphatic heterocycles. The fraction of sp³-hybridized carbons (Fsp3) is 0.222. The lowest BCUT2D eigenvalue weighted by atomic mass is 10.2. The quantitative estimate of drug-likeness (QED) is 0.694. The van der Waals surface area contributed by atoms with Gasteiger partial charge in [-0.25, -0.2) is 4.79 Å². The largest absolute Gasteiger partial charge is 0.495 e. The van der Waals surface area contributed by atoms with E-state index in [2.05, 4.69) is 5.32 Å². The van der Waals surface area contributed by atoms with Crippen LogP contribution in [0.3, 0.4) is 0 Å². The lowest BCUT2D eigenvalue weighted by molar-refractivity contribution is -0.119. The molecule has 7 nitrogen and oxygen atoms in total. The molecule has 0 fully saturated rings. The maximum absolute atomic E-state index is 12.2. The molecule has 1 amide bonds. The molecule has 9 heteroatoms. The fourth-order valence-electron chi connectivity index (χ4n) is 2.21. The number of nitrogens with one attached hydrogen (secondary N) is 1. The Hall–Kier alpha value is -2.64. The number of hydrogen-bond acceptors (Lipinski definition) is 6. The van der Waals surface area contributed by atoms with Gasteiger partial charge in [0.2, 0.25) is 0 Å². The number of ether oxygens (including phenoxy) is 4. The zero-order valence-corrected chi connectivity index (χ0v) is 16.3. The topological polar surface area (TPSA) is 83.1 Å². The van der Waals surface area contributed by atoms with Crippen LogP contribution >= 0.6 is 23.2 Å². The normalized spacial score (nSPS) is 10.1. The summed E-state index contributed by atoms with van der Waals surface area (Å²) in [4.78, 5) is 24.3. The van der Waals surface area contributed by atoms with E-state index in [1.807, 2.05) is 0 Å². The average Bonchev–Trinajstić information content (AvgIpc) is 2.65. The van der Waals surface area contributed by atoms with Crippen molar-refractivity contribution in [1.82, 2.24) is 0 Å². The first-order chi connectivity index (χ1) is 12.9. The van der Waals surface area contributed by atoms with Crippen LogP contribution in [0.25, 0.3) is 0 Å². The molecule has 0 saturated heterocycles. The minimum atomic E-state index is -0.744. The predicted molar refractivity (Wildman–Crippen MR) is 101 cm³/mol. The van der Waals surface area contributed by atoms with Gasteiger partial charge in [-0.2, -0.15) is 0 Å². The van der Waals surface area contributed by atoms with Crippen LogP contribution in [0.2, 0.25) is 10.0 Å². The van der Waals surface area contributed by atoms with Gasteiger partial charge in [-0.3, -0.25) is 4.79 Å². The number of anilines is 1. The van der Waals surface area contributed by atoms with Crippen LogP contribution in [-0.4, -0.2) is 39.8 Å². The number of esters is 1. The third kappa shape index (κ3) is 5.18. The Bertz CT molecular complexity index is 856. The highest BCUT2D eigenvalue weighted by molar-refractivity contribution is 6.32. The average molecular weight is 414 g/mol. The molecule has 0 bridgehead atoms. The minimum absolute atomic E-state index is 0.116. The van der Waals surface area contributed by atoms with Crippen LogP contribution in [0.5, 0.6) is 17.2 Å². The molecule has 0 unspecified atom stereocenters. The van der Waals surface area contributed by atoms with Crippen LogP contribution in [0.15, 0.2) is 30.3 Å². The predicted octanol–water partition coefficient (Wildman–Crippen LogP) is 3.81. The summed E-state index contributed by atoms with van der Waals surface area (Å²) in [6.07, 6.45) is 0. The molecular formula is C18H17Cl2NO6. The first-order valence-corrected chi connectivity index (χ1v) is 8.37. The van der Waals surface area contributed by atoms with Gasteiger partial charge in [0, 0.05) is 5.02 Å². The van der Waals surface area contributed by atoms with Crippen LogP contribution in [0, 0.1) is 0 Å². The summed E-state index contributed by atoms with van der Waals surface area (Å²) in [5.41, 5.74) is 0.478. The fourth-order valence-corrected chi connectivity index (χ4v) is 2.67. The highest BCUT2D eigenvalue weighted by Crippen LogP contribution is 2.36. The van der Waals surface area contributed by atoms with E-state index in [4.69, 9.17) is 42.1 Å². The molecule has 0 aromatic heterocycles. The van der Waals surface area contributed by atoms with E-state index < -0.39 is 18.5 Å². The SMILES string of the molecule is COc1ccc(Cl)cc1NC(=O)COC(=O)c1cc(Cl)c(OC)c(OC)c1. The third-order valence-corrected chi connectivity index (χ3v) is 3.96. The summed E-state index contributed by atoms with van der Waals surface area (Å²) in [6, 6.07) is 7.52. The zero-order valence-electron chi connectivity index (χ0n) is 14.8. The Balaban J connectivity index is 2.04. The standard InChI is InChI=1S/C18H17Cl2NO6/c1-24-14-5-4-11(19)8-13(14)21-16(22)9-27-18(23)10-6-12(20)17(26-3)15(7-10)25-2/h4-8H,9H2,1-3H3,(H,21,22). The summed E-state index contributed by atoms with van der Waals surface area (Å²) in [6.45, 7) is -0.513. The molecule has 2 aromatic carbocycles. The minimum Gasteiger partial charge on any atom is -0.495 e. The Morgan fingerprint density at radius 2 is 1.67 bits per heavy atom. The molecule has 1 N–H and O–H groups in total. The van der Waals surface area contributed by atoms with Crippen molar-refractivity contribution in [2.75, 3.05) is 33.3 Å². The summed E-state index contributed by atoms with van der Waals surface area (Å²) in [5, 5.41) is 3.16. The van der Waals surface area contributed by atoms with Crippen LogP contribution in [0.1, 0.15) is 10.4 Å². The molecule has 0 heterocycles. The molecule has 0 radical (unpaired) electrons. The van der Waals surface area contributed by atoms with Crippen molar-refractivity contribution in [3.63, 3.8) is 0 Å². The zero-order chi connectivity index (χ0) is 20.0. The second-order valence-electron chi connectivity index (χ2n) is 5.16. The summed E-state index contributed by atoms with van der Waals surface area (Å²) in [7, 11) is 4.30. The summed E-state index contributed by atoms with van der Waals surface area (Å²) in [5.74, 6) is -0.320. The van der Waals surface area contributed by atoms with E-state index in [1.165, 1.54) is 39.5 Å². The molecule has 0 aliphatic rings. The van der Waals surface area contributed by atoms with Crippen molar-refractivity contribution < 1.29 is 28.5 Å². The Labute approximate surface area is 166 Å². The Kier molecular flexibility index (Phi) is 7.15. The van der Waals surface area contributed by atoms with E-state index in [1.54, 1.807) is 12.1 Å². The Morgan fingerprint density at radius 3 is 2.30 bits per heavy atom. The summed E-state index contributed by atoms with van der Waals surface area (Å²) < 4.78 is 20.4. The van der Waals surface area contributed by atoms with Gasteiger partial charge in [-0.05, 0) is 30.3 Å². The monoisotopic (exact) mass is 413 g/mol. The molecular weight excluding hydrogens is 397 g/mol. The van der Waals surface area contributed by atoms with Gasteiger partial charge in [0.15, 0.2) is 18.1 Å². The molecule has 0 atom stereocenters. The second-order valence-corrected chi connectivity index (χ2v) is 6.01. The van der Waals surface area contributed by atoms with Gasteiger partial charge in [0.1, 0.15) is 5.75 Å². The molecule has 2 rings (SSSR count). The number of carbonyl (C=O) groups is 2. The van der Waals surface area contributed by atoms with Gasteiger partial charge in [0.05, 0.1) is 37.6 Å². The molecule has 0 aliphatic carbocycles. The maximum Gasteiger partial charge on any atom is 0.338 e. The van der Waals surface area contributed by atoms with Crippen LogP contribution < -0.4 is 19.5 Å². The van der Waals surface area contributed by atoms with Crippen molar-refractivity contribution in [2.45, 2.75) is 0 Å². The molecule has 27 heavy (non-hydrogen) atoms. The van der Waals surface area contributed by atoms with Crippen LogP contribution in [0.4, 0.5) is 5.69 Å². The molecule has 0 saturated carbocycles. The van der Waals surface area contributed by atoms with E-state index in [0.717, 1.165) is 0 Å². The number of amides is 1. The van der Waals surface area contributed by atoms with Gasteiger partial charge in [-0.1, -0.05) is 23.2 Å². The number of rotatable bonds is 7. The maximum atomic E-state index is 12.2. The van der Waals surface area contributed by atoms with E-state index in [0.29, 0.717) is 22.2 Å². The highest BCUT2D eigenvalue weighted by Gasteiger charge is 2.17. The first kappa shape index (κ1) is 20.7. The van der Waals surface area contributed by atoms with Crippen molar-refractivity contribution in [3.8, 4) is 17.2 Å². The van der Waals surface area contributed by atoms with E-state index in [-0.39, 0.29) is 16.3 Å². The van der Waals surface area contributed by atoms with Crippen molar-refractivity contribution in [1.29, 1.82) is 0 Å². The Morgan fingerprint density at radius 1 is 0.963 bits per heavy atom. The lowest BCUT2D eigenvalue weighted by Crippen LogP contribution is -2.21. The third-order valence-electron chi connectivity index (χ3n) is 3.44. The number of benzene rings is 2. The lowest BCUT2D eigenvalue weighted by Gasteiger charge is -2.12. The first-order valence-electron chi connectivity index (χ1n) is 7.61. The van der Waals surface area contributed by atoms with Crippen molar-refractivity contribution >= 4 is 40.8 Å². The van der Waals surface area contributed by atoms with Gasteiger partial charge >= 0.3 is 5.97 Å². The van der Waals surface area contributed by atoms with Crippen LogP contribution in [-0.2, 0) is 9.53 Å². The smallest absolute Gasteiger partial charge is 0.338 e. The van der Waals surface area contributed by atoms with Gasteiger partial charge in [0.25, 0.3) is 5.91 Å². The van der Waals surface area contributed by atoms with Crippen molar-refractivity contribution in [2.24, 2.45) is 0 Å².